The third kappa shape index (κ3) is 4.30. The number of methoxy groups -OCH3 is 2. The van der Waals surface area contributed by atoms with Gasteiger partial charge in [0.05, 0.1) is 14.2 Å². The first-order chi connectivity index (χ1) is 14.7. The van der Waals surface area contributed by atoms with Gasteiger partial charge in [0.2, 0.25) is 0 Å². The summed E-state index contributed by atoms with van der Waals surface area (Å²) in [5, 5.41) is 0. The van der Waals surface area contributed by atoms with E-state index >= 15 is 0 Å². The van der Waals surface area contributed by atoms with Crippen molar-refractivity contribution >= 4 is 5.69 Å². The predicted octanol–water partition coefficient (Wildman–Crippen LogP) is 6.00. The zero-order valence-electron chi connectivity index (χ0n) is 18.2. The number of hydrogen-bond donors (Lipinski definition) is 0. The molecule has 0 aliphatic heterocycles. The number of aryl methyl sites for hydroxylation is 1. The lowest BCUT2D eigenvalue weighted by molar-refractivity contribution is 0.412. The van der Waals surface area contributed by atoms with Crippen molar-refractivity contribution in [2.24, 2.45) is 0 Å². The van der Waals surface area contributed by atoms with Gasteiger partial charge in [0, 0.05) is 24.8 Å². The van der Waals surface area contributed by atoms with Gasteiger partial charge in [-0.3, -0.25) is 0 Å². The Morgan fingerprint density at radius 3 is 2.33 bits per heavy atom. The normalized spacial score (nSPS) is 15.4. The Bertz CT molecular complexity index is 983. The third-order valence-corrected chi connectivity index (χ3v) is 6.26. The predicted molar refractivity (Wildman–Crippen MR) is 124 cm³/mol. The monoisotopic (exact) mass is 401 g/mol. The molecule has 0 fully saturated rings. The van der Waals surface area contributed by atoms with Gasteiger partial charge in [-0.25, -0.2) is 0 Å². The zero-order chi connectivity index (χ0) is 20.9. The van der Waals surface area contributed by atoms with Crippen molar-refractivity contribution in [1.29, 1.82) is 0 Å². The summed E-state index contributed by atoms with van der Waals surface area (Å²) in [5.41, 5.74) is 6.92. The van der Waals surface area contributed by atoms with Crippen LogP contribution >= 0.6 is 0 Å². The van der Waals surface area contributed by atoms with Gasteiger partial charge in [0.25, 0.3) is 0 Å². The van der Waals surface area contributed by atoms with Gasteiger partial charge in [-0.2, -0.15) is 0 Å². The number of nitrogens with zero attached hydrogens (tertiary/aromatic N) is 1. The summed E-state index contributed by atoms with van der Waals surface area (Å²) >= 11 is 0. The lowest BCUT2D eigenvalue weighted by atomic mass is 9.79. The quantitative estimate of drug-likeness (QED) is 0.484. The Kier molecular flexibility index (Phi) is 6.27. The molecule has 1 aliphatic carbocycles. The maximum absolute atomic E-state index is 5.58. The molecule has 0 aromatic heterocycles. The van der Waals surface area contributed by atoms with Gasteiger partial charge in [-0.1, -0.05) is 42.5 Å². The molecule has 0 N–H and O–H groups in total. The minimum atomic E-state index is 0.511. The number of anilines is 1. The molecule has 3 heteroatoms. The molecule has 0 radical (unpaired) electrons. The molecular weight excluding hydrogens is 370 g/mol. The molecule has 156 valence electrons. The zero-order valence-corrected chi connectivity index (χ0v) is 18.2. The van der Waals surface area contributed by atoms with E-state index in [0.29, 0.717) is 5.92 Å². The first-order valence-corrected chi connectivity index (χ1v) is 10.8. The van der Waals surface area contributed by atoms with Crippen LogP contribution in [0.15, 0.2) is 66.7 Å². The summed E-state index contributed by atoms with van der Waals surface area (Å²) in [5.74, 6) is 2.38. The molecule has 3 nitrogen and oxygen atoms in total. The topological polar surface area (TPSA) is 21.7 Å². The van der Waals surface area contributed by atoms with Crippen LogP contribution in [0.2, 0.25) is 0 Å². The van der Waals surface area contributed by atoms with Crippen molar-refractivity contribution in [2.75, 3.05) is 25.7 Å². The molecule has 0 heterocycles. The summed E-state index contributed by atoms with van der Waals surface area (Å²) < 4.78 is 11.0. The van der Waals surface area contributed by atoms with E-state index in [1.165, 1.54) is 27.9 Å². The largest absolute Gasteiger partial charge is 0.497 e. The van der Waals surface area contributed by atoms with E-state index in [1.807, 2.05) is 0 Å². The van der Waals surface area contributed by atoms with Crippen LogP contribution in [-0.4, -0.2) is 20.8 Å². The molecule has 0 bridgehead atoms. The second kappa shape index (κ2) is 9.25. The first kappa shape index (κ1) is 20.3. The summed E-state index contributed by atoms with van der Waals surface area (Å²) in [4.78, 5) is 2.47. The maximum Gasteiger partial charge on any atom is 0.120 e. The minimum absolute atomic E-state index is 0.511. The SMILES string of the molecule is CCN(Cc1ccccc1)c1cc(OC)ccc1C1CCc2cc(OC)ccc2C1. The van der Waals surface area contributed by atoms with E-state index in [-0.39, 0.29) is 0 Å². The summed E-state index contributed by atoms with van der Waals surface area (Å²) in [6, 6.07) is 23.8. The van der Waals surface area contributed by atoms with Gasteiger partial charge in [-0.05, 0) is 72.6 Å². The van der Waals surface area contributed by atoms with Crippen molar-refractivity contribution in [3.8, 4) is 11.5 Å². The van der Waals surface area contributed by atoms with Crippen LogP contribution in [0, 0.1) is 0 Å². The Hall–Kier alpha value is -2.94. The van der Waals surface area contributed by atoms with E-state index in [1.54, 1.807) is 14.2 Å². The number of ether oxygens (including phenoxy) is 2. The van der Waals surface area contributed by atoms with Crippen LogP contribution < -0.4 is 14.4 Å². The van der Waals surface area contributed by atoms with E-state index in [4.69, 9.17) is 9.47 Å². The highest BCUT2D eigenvalue weighted by Gasteiger charge is 2.24. The fraction of sp³-hybridized carbons (Fsp3) is 0.333. The number of fused-ring (bicyclic) bond motifs is 1. The highest BCUT2D eigenvalue weighted by Crippen LogP contribution is 2.40. The molecule has 0 saturated heterocycles. The van der Waals surface area contributed by atoms with Gasteiger partial charge in [-0.15, -0.1) is 0 Å². The molecular formula is C27H31NO2. The third-order valence-electron chi connectivity index (χ3n) is 6.26. The molecule has 30 heavy (non-hydrogen) atoms. The fourth-order valence-electron chi connectivity index (χ4n) is 4.56. The Morgan fingerprint density at radius 1 is 0.867 bits per heavy atom. The van der Waals surface area contributed by atoms with Crippen LogP contribution in [0.1, 0.15) is 41.5 Å². The smallest absolute Gasteiger partial charge is 0.120 e. The second-order valence-electron chi connectivity index (χ2n) is 8.00. The van der Waals surface area contributed by atoms with Gasteiger partial charge >= 0.3 is 0 Å². The molecule has 1 aliphatic rings. The van der Waals surface area contributed by atoms with Crippen molar-refractivity contribution in [3.05, 3.63) is 89.0 Å². The van der Waals surface area contributed by atoms with Crippen LogP contribution in [0.5, 0.6) is 11.5 Å². The maximum atomic E-state index is 5.58. The highest BCUT2D eigenvalue weighted by molar-refractivity contribution is 5.60. The molecule has 0 amide bonds. The van der Waals surface area contributed by atoms with Gasteiger partial charge in [0.1, 0.15) is 11.5 Å². The Morgan fingerprint density at radius 2 is 1.60 bits per heavy atom. The first-order valence-electron chi connectivity index (χ1n) is 10.8. The molecule has 1 atom stereocenters. The highest BCUT2D eigenvalue weighted by atomic mass is 16.5. The number of rotatable bonds is 7. The molecule has 1 unspecified atom stereocenters. The van der Waals surface area contributed by atoms with E-state index < -0.39 is 0 Å². The van der Waals surface area contributed by atoms with Crippen molar-refractivity contribution in [2.45, 2.75) is 38.6 Å². The summed E-state index contributed by atoms with van der Waals surface area (Å²) in [6.07, 6.45) is 3.32. The molecule has 0 spiro atoms. The molecule has 3 aromatic rings. The van der Waals surface area contributed by atoms with E-state index in [9.17, 15) is 0 Å². The van der Waals surface area contributed by atoms with Crippen molar-refractivity contribution < 1.29 is 9.47 Å². The molecule has 4 rings (SSSR count). The average Bonchev–Trinajstić information content (AvgIpc) is 2.82. The van der Waals surface area contributed by atoms with Crippen LogP contribution in [0.25, 0.3) is 0 Å². The summed E-state index contributed by atoms with van der Waals surface area (Å²) in [7, 11) is 3.49. The Balaban J connectivity index is 1.66. The number of benzene rings is 3. The van der Waals surface area contributed by atoms with Crippen LogP contribution in [-0.2, 0) is 19.4 Å². The van der Waals surface area contributed by atoms with Crippen LogP contribution in [0.3, 0.4) is 0 Å². The Labute approximate surface area is 180 Å². The van der Waals surface area contributed by atoms with Crippen molar-refractivity contribution in [3.63, 3.8) is 0 Å². The molecule has 3 aromatic carbocycles. The van der Waals surface area contributed by atoms with E-state index in [2.05, 4.69) is 78.6 Å². The van der Waals surface area contributed by atoms with Crippen LogP contribution in [0.4, 0.5) is 5.69 Å². The summed E-state index contributed by atoms with van der Waals surface area (Å²) in [6.45, 7) is 4.09. The van der Waals surface area contributed by atoms with Crippen molar-refractivity contribution in [1.82, 2.24) is 0 Å². The average molecular weight is 402 g/mol. The lowest BCUT2D eigenvalue weighted by Gasteiger charge is -2.32. The second-order valence-corrected chi connectivity index (χ2v) is 8.00. The lowest BCUT2D eigenvalue weighted by Crippen LogP contribution is -2.25. The van der Waals surface area contributed by atoms with Gasteiger partial charge in [0.15, 0.2) is 0 Å². The van der Waals surface area contributed by atoms with Gasteiger partial charge < -0.3 is 14.4 Å². The number of hydrogen-bond acceptors (Lipinski definition) is 3. The minimum Gasteiger partial charge on any atom is -0.497 e. The standard InChI is InChI=1S/C27H31NO2/c1-4-28(19-20-8-6-5-7-9-20)27-18-25(30-3)14-15-26(27)23-11-10-22-17-24(29-2)13-12-21(22)16-23/h5-9,12-15,17-18,23H,4,10-11,16,19H2,1-3H3. The fourth-order valence-corrected chi connectivity index (χ4v) is 4.56. The molecule has 0 saturated carbocycles. The van der Waals surface area contributed by atoms with E-state index in [0.717, 1.165) is 43.9 Å².